The maximum absolute atomic E-state index is 12.3. The molecular formula is C20H23N5O. The van der Waals surface area contributed by atoms with Gasteiger partial charge < -0.3 is 9.88 Å². The summed E-state index contributed by atoms with van der Waals surface area (Å²) in [6.45, 7) is 8.47. The molecule has 6 nitrogen and oxygen atoms in total. The van der Waals surface area contributed by atoms with Crippen molar-refractivity contribution in [1.82, 2.24) is 19.4 Å². The second-order valence-electron chi connectivity index (χ2n) is 7.21. The van der Waals surface area contributed by atoms with Gasteiger partial charge in [0.1, 0.15) is 5.82 Å². The average molecular weight is 349 g/mol. The van der Waals surface area contributed by atoms with Crippen molar-refractivity contribution >= 4 is 22.6 Å². The summed E-state index contributed by atoms with van der Waals surface area (Å²) in [4.78, 5) is 23.6. The Bertz CT molecular complexity index is 932. The molecule has 1 aliphatic heterocycles. The van der Waals surface area contributed by atoms with Crippen molar-refractivity contribution in [2.45, 2.75) is 26.9 Å². The molecule has 1 amide bonds. The predicted molar refractivity (Wildman–Crippen MR) is 102 cm³/mol. The topological polar surface area (TPSA) is 63.1 Å². The molecule has 0 atom stereocenters. The number of carbonyl (C=O) groups is 1. The first-order valence-corrected chi connectivity index (χ1v) is 9.03. The smallest absolute Gasteiger partial charge is 0.257 e. The van der Waals surface area contributed by atoms with Crippen LogP contribution in [0.15, 0.2) is 42.7 Å². The average Bonchev–Trinajstić information content (AvgIpc) is 2.98. The van der Waals surface area contributed by atoms with Gasteiger partial charge in [-0.1, -0.05) is 13.8 Å². The van der Waals surface area contributed by atoms with Gasteiger partial charge in [-0.25, -0.2) is 4.98 Å². The number of hydrogen-bond acceptors (Lipinski definition) is 4. The van der Waals surface area contributed by atoms with Gasteiger partial charge in [-0.05, 0) is 36.2 Å². The molecule has 4 rings (SSSR count). The monoisotopic (exact) mass is 349 g/mol. The molecule has 1 aromatic carbocycles. The number of fused-ring (bicyclic) bond motifs is 3. The number of nitrogens with zero attached hydrogens (tertiary/aromatic N) is 4. The number of amides is 1. The lowest BCUT2D eigenvalue weighted by atomic mass is 10.2. The molecule has 3 aromatic rings. The summed E-state index contributed by atoms with van der Waals surface area (Å²) < 4.78 is 2.29. The summed E-state index contributed by atoms with van der Waals surface area (Å²) in [6, 6.07) is 9.43. The maximum Gasteiger partial charge on any atom is 0.257 e. The minimum Gasteiger partial charge on any atom is -0.326 e. The van der Waals surface area contributed by atoms with Crippen molar-refractivity contribution in [2.75, 3.05) is 18.4 Å². The van der Waals surface area contributed by atoms with Crippen LogP contribution in [0.4, 0.5) is 5.69 Å². The second-order valence-corrected chi connectivity index (χ2v) is 7.21. The highest BCUT2D eigenvalue weighted by molar-refractivity contribution is 6.04. The lowest BCUT2D eigenvalue weighted by molar-refractivity contribution is 0.102. The summed E-state index contributed by atoms with van der Waals surface area (Å²) in [5.74, 6) is 1.59. The summed E-state index contributed by atoms with van der Waals surface area (Å²) in [5.41, 5.74) is 3.35. The number of hydrogen-bond donors (Lipinski definition) is 1. The van der Waals surface area contributed by atoms with Crippen molar-refractivity contribution in [3.05, 3.63) is 54.1 Å². The molecule has 2 aromatic heterocycles. The van der Waals surface area contributed by atoms with Gasteiger partial charge in [0.25, 0.3) is 5.91 Å². The van der Waals surface area contributed by atoms with E-state index in [1.54, 1.807) is 24.5 Å². The van der Waals surface area contributed by atoms with Crippen molar-refractivity contribution in [1.29, 1.82) is 0 Å². The standard InChI is InChI=1S/C20H23N5O/c1-14(2)12-24-8-9-25-18-6-5-16(10-17(18)23-19(25)13-24)22-20(26)15-4-3-7-21-11-15/h3-7,10-11,14H,8-9,12-13H2,1-2H3,(H,22,26). The van der Waals surface area contributed by atoms with E-state index in [0.717, 1.165) is 48.7 Å². The van der Waals surface area contributed by atoms with Crippen LogP contribution in [0, 0.1) is 5.92 Å². The van der Waals surface area contributed by atoms with Crippen molar-refractivity contribution in [3.8, 4) is 0 Å². The van der Waals surface area contributed by atoms with E-state index >= 15 is 0 Å². The number of imidazole rings is 1. The Labute approximate surface area is 152 Å². The van der Waals surface area contributed by atoms with E-state index in [1.165, 1.54) is 0 Å². The molecule has 0 saturated heterocycles. The largest absolute Gasteiger partial charge is 0.326 e. The molecule has 6 heteroatoms. The van der Waals surface area contributed by atoms with E-state index in [9.17, 15) is 4.79 Å². The van der Waals surface area contributed by atoms with Gasteiger partial charge in [0.2, 0.25) is 0 Å². The molecule has 0 bridgehead atoms. The Morgan fingerprint density at radius 3 is 2.92 bits per heavy atom. The second kappa shape index (κ2) is 6.88. The predicted octanol–water partition coefficient (Wildman–Crippen LogP) is 3.16. The molecule has 0 saturated carbocycles. The Morgan fingerprint density at radius 1 is 1.27 bits per heavy atom. The molecule has 0 unspecified atom stereocenters. The molecule has 1 N–H and O–H groups in total. The van der Waals surface area contributed by atoms with E-state index in [-0.39, 0.29) is 5.91 Å². The van der Waals surface area contributed by atoms with Crippen molar-refractivity contribution < 1.29 is 4.79 Å². The van der Waals surface area contributed by atoms with Crippen LogP contribution < -0.4 is 5.32 Å². The van der Waals surface area contributed by atoms with Crippen LogP contribution in [0.3, 0.4) is 0 Å². The highest BCUT2D eigenvalue weighted by Crippen LogP contribution is 2.24. The first-order chi connectivity index (χ1) is 12.6. The highest BCUT2D eigenvalue weighted by atomic mass is 16.1. The first-order valence-electron chi connectivity index (χ1n) is 9.03. The van der Waals surface area contributed by atoms with Gasteiger partial charge in [0.05, 0.1) is 23.1 Å². The molecule has 0 fully saturated rings. The molecule has 0 spiro atoms. The number of anilines is 1. The minimum atomic E-state index is -0.162. The number of benzene rings is 1. The van der Waals surface area contributed by atoms with E-state index in [0.29, 0.717) is 11.5 Å². The molecule has 26 heavy (non-hydrogen) atoms. The van der Waals surface area contributed by atoms with E-state index in [4.69, 9.17) is 4.98 Å². The Morgan fingerprint density at radius 2 is 2.15 bits per heavy atom. The lowest BCUT2D eigenvalue weighted by Crippen LogP contribution is -2.36. The fourth-order valence-electron chi connectivity index (χ4n) is 3.52. The van der Waals surface area contributed by atoms with Crippen molar-refractivity contribution in [2.24, 2.45) is 5.92 Å². The zero-order valence-corrected chi connectivity index (χ0v) is 15.1. The van der Waals surface area contributed by atoms with Crippen LogP contribution in [0.25, 0.3) is 11.0 Å². The SMILES string of the molecule is CC(C)CN1CCn2c(nc3cc(NC(=O)c4cccnc4)ccc32)C1. The van der Waals surface area contributed by atoms with Gasteiger partial charge >= 0.3 is 0 Å². The number of aromatic nitrogens is 3. The minimum absolute atomic E-state index is 0.162. The molecule has 134 valence electrons. The van der Waals surface area contributed by atoms with Crippen LogP contribution in [0.1, 0.15) is 30.0 Å². The molecule has 0 aliphatic carbocycles. The fourth-order valence-corrected chi connectivity index (χ4v) is 3.52. The van der Waals surface area contributed by atoms with E-state index in [2.05, 4.69) is 33.6 Å². The third kappa shape index (κ3) is 3.32. The van der Waals surface area contributed by atoms with Crippen LogP contribution >= 0.6 is 0 Å². The normalized spacial score (nSPS) is 14.6. The number of carbonyl (C=O) groups excluding carboxylic acids is 1. The van der Waals surface area contributed by atoms with Gasteiger partial charge in [-0.3, -0.25) is 14.7 Å². The third-order valence-electron chi connectivity index (χ3n) is 4.64. The highest BCUT2D eigenvalue weighted by Gasteiger charge is 2.20. The Hall–Kier alpha value is -2.73. The van der Waals surface area contributed by atoms with Gasteiger partial charge in [-0.15, -0.1) is 0 Å². The summed E-state index contributed by atoms with van der Waals surface area (Å²) in [6.07, 6.45) is 3.22. The first kappa shape index (κ1) is 16.7. The quantitative estimate of drug-likeness (QED) is 0.786. The van der Waals surface area contributed by atoms with Gasteiger partial charge in [0, 0.05) is 37.7 Å². The number of nitrogens with one attached hydrogen (secondary N) is 1. The number of pyridine rings is 1. The van der Waals surface area contributed by atoms with E-state index < -0.39 is 0 Å². The lowest BCUT2D eigenvalue weighted by Gasteiger charge is -2.29. The maximum atomic E-state index is 12.3. The third-order valence-corrected chi connectivity index (χ3v) is 4.64. The summed E-state index contributed by atoms with van der Waals surface area (Å²) in [5, 5.41) is 2.93. The van der Waals surface area contributed by atoms with Crippen LogP contribution in [0.2, 0.25) is 0 Å². The van der Waals surface area contributed by atoms with Crippen LogP contribution in [0.5, 0.6) is 0 Å². The molecule has 3 heterocycles. The molecule has 0 radical (unpaired) electrons. The Kier molecular flexibility index (Phi) is 4.42. The number of rotatable bonds is 4. The van der Waals surface area contributed by atoms with Crippen LogP contribution in [-0.4, -0.2) is 38.4 Å². The summed E-state index contributed by atoms with van der Waals surface area (Å²) >= 11 is 0. The Balaban J connectivity index is 1.56. The molecule has 1 aliphatic rings. The zero-order valence-electron chi connectivity index (χ0n) is 15.1. The van der Waals surface area contributed by atoms with Crippen molar-refractivity contribution in [3.63, 3.8) is 0 Å². The zero-order chi connectivity index (χ0) is 18.1. The van der Waals surface area contributed by atoms with Crippen LogP contribution in [-0.2, 0) is 13.1 Å². The van der Waals surface area contributed by atoms with Gasteiger partial charge in [0.15, 0.2) is 0 Å². The molecular weight excluding hydrogens is 326 g/mol. The fraction of sp³-hybridized carbons (Fsp3) is 0.350. The van der Waals surface area contributed by atoms with Gasteiger partial charge in [-0.2, -0.15) is 0 Å². The summed E-state index contributed by atoms with van der Waals surface area (Å²) in [7, 11) is 0. The van der Waals surface area contributed by atoms with E-state index in [1.807, 2.05) is 18.2 Å².